The van der Waals surface area contributed by atoms with Crippen molar-refractivity contribution in [2.75, 3.05) is 13.2 Å². The molecule has 0 aromatic carbocycles. The van der Waals surface area contributed by atoms with E-state index in [1.165, 1.54) is 0 Å². The fourth-order valence-corrected chi connectivity index (χ4v) is 3.11. The molecule has 0 spiro atoms. The first kappa shape index (κ1) is 13.2. The third kappa shape index (κ3) is 3.93. The number of thiazole rings is 1. The van der Waals surface area contributed by atoms with Gasteiger partial charge in [0.25, 0.3) is 10.0 Å². The van der Waals surface area contributed by atoms with Gasteiger partial charge in [0.1, 0.15) is 6.61 Å². The number of halogens is 1. The van der Waals surface area contributed by atoms with Gasteiger partial charge in [-0.25, -0.2) is 22.9 Å². The highest BCUT2D eigenvalue weighted by Crippen LogP contribution is 2.21. The van der Waals surface area contributed by atoms with Crippen molar-refractivity contribution >= 4 is 39.1 Å². The van der Waals surface area contributed by atoms with Crippen LogP contribution in [0.5, 0.6) is 0 Å². The molecule has 16 heavy (non-hydrogen) atoms. The van der Waals surface area contributed by atoms with E-state index in [0.717, 1.165) is 17.5 Å². The SMILES string of the molecule is NC(=O)OCCNS(=O)(=O)c1cnc(Cl)s1. The number of nitrogens with one attached hydrogen (secondary N) is 1. The highest BCUT2D eigenvalue weighted by Gasteiger charge is 2.16. The van der Waals surface area contributed by atoms with Crippen molar-refractivity contribution in [3.63, 3.8) is 0 Å². The molecular formula is C6H8ClN3O4S2. The fraction of sp³-hybridized carbons (Fsp3) is 0.333. The average molecular weight is 286 g/mol. The number of ether oxygens (including phenoxy) is 1. The van der Waals surface area contributed by atoms with E-state index >= 15 is 0 Å². The smallest absolute Gasteiger partial charge is 0.404 e. The lowest BCUT2D eigenvalue weighted by Crippen LogP contribution is -2.28. The molecule has 0 atom stereocenters. The number of nitrogens with zero attached hydrogens (tertiary/aromatic N) is 1. The van der Waals surface area contributed by atoms with Gasteiger partial charge in [0.05, 0.1) is 6.20 Å². The fourth-order valence-electron chi connectivity index (χ4n) is 0.762. The Hall–Kier alpha value is -0.900. The summed E-state index contributed by atoms with van der Waals surface area (Å²) in [6.45, 7) is -0.206. The highest BCUT2D eigenvalue weighted by atomic mass is 35.5. The monoisotopic (exact) mass is 285 g/mol. The minimum Gasteiger partial charge on any atom is -0.448 e. The zero-order valence-electron chi connectivity index (χ0n) is 7.84. The van der Waals surface area contributed by atoms with E-state index in [1.54, 1.807) is 0 Å². The van der Waals surface area contributed by atoms with Gasteiger partial charge in [-0.15, -0.1) is 0 Å². The Morgan fingerprint density at radius 1 is 1.69 bits per heavy atom. The summed E-state index contributed by atoms with van der Waals surface area (Å²) in [5, 5.41) is 0. The Morgan fingerprint density at radius 3 is 2.88 bits per heavy atom. The molecular weight excluding hydrogens is 278 g/mol. The highest BCUT2D eigenvalue weighted by molar-refractivity contribution is 7.91. The van der Waals surface area contributed by atoms with E-state index in [2.05, 4.69) is 14.4 Å². The molecule has 0 bridgehead atoms. The van der Waals surface area contributed by atoms with Crippen molar-refractivity contribution in [3.05, 3.63) is 10.7 Å². The molecule has 0 aliphatic carbocycles. The minimum absolute atomic E-state index is 0.00317. The van der Waals surface area contributed by atoms with Gasteiger partial charge in [-0.3, -0.25) is 0 Å². The summed E-state index contributed by atoms with van der Waals surface area (Å²) >= 11 is 6.33. The standard InChI is InChI=1S/C6H8ClN3O4S2/c7-5-9-3-4(15-5)16(12,13)10-1-2-14-6(8)11/h3,10H,1-2H2,(H2,8,11). The Balaban J connectivity index is 2.50. The number of primary amides is 1. The normalized spacial score (nSPS) is 11.3. The molecule has 0 radical (unpaired) electrons. The largest absolute Gasteiger partial charge is 0.448 e. The van der Waals surface area contributed by atoms with Gasteiger partial charge in [-0.2, -0.15) is 0 Å². The van der Waals surface area contributed by atoms with Crippen molar-refractivity contribution in [2.45, 2.75) is 4.21 Å². The summed E-state index contributed by atoms with van der Waals surface area (Å²) in [6, 6.07) is 0. The van der Waals surface area contributed by atoms with Crippen LogP contribution in [0.4, 0.5) is 4.79 Å². The maximum atomic E-state index is 11.5. The van der Waals surface area contributed by atoms with Crippen molar-refractivity contribution in [1.82, 2.24) is 9.71 Å². The number of hydrogen-bond donors (Lipinski definition) is 2. The number of nitrogens with two attached hydrogens (primary N) is 1. The maximum Gasteiger partial charge on any atom is 0.404 e. The van der Waals surface area contributed by atoms with Crippen LogP contribution in [0.25, 0.3) is 0 Å². The van der Waals surface area contributed by atoms with E-state index in [4.69, 9.17) is 17.3 Å². The van der Waals surface area contributed by atoms with Crippen LogP contribution in [0.3, 0.4) is 0 Å². The Bertz CT molecular complexity index is 472. The molecule has 1 aromatic heterocycles. The van der Waals surface area contributed by atoms with Crippen molar-refractivity contribution in [2.24, 2.45) is 5.73 Å². The van der Waals surface area contributed by atoms with Gasteiger partial charge in [0.2, 0.25) is 0 Å². The lowest BCUT2D eigenvalue weighted by Gasteiger charge is -2.03. The molecule has 1 rings (SSSR count). The summed E-state index contributed by atoms with van der Waals surface area (Å²) < 4.78 is 29.7. The second-order valence-electron chi connectivity index (χ2n) is 2.50. The third-order valence-electron chi connectivity index (χ3n) is 1.36. The molecule has 0 saturated heterocycles. The number of carbonyl (C=O) groups is 1. The van der Waals surface area contributed by atoms with Crippen molar-refractivity contribution < 1.29 is 17.9 Å². The van der Waals surface area contributed by atoms with Crippen LogP contribution in [-0.4, -0.2) is 32.6 Å². The van der Waals surface area contributed by atoms with Crippen LogP contribution in [0, 0.1) is 0 Å². The topological polar surface area (TPSA) is 111 Å². The molecule has 0 unspecified atom stereocenters. The zero-order valence-corrected chi connectivity index (χ0v) is 10.2. The molecule has 0 aliphatic heterocycles. The van der Waals surface area contributed by atoms with Crippen molar-refractivity contribution in [1.29, 1.82) is 0 Å². The van der Waals surface area contributed by atoms with Crippen LogP contribution in [0.15, 0.2) is 10.4 Å². The van der Waals surface area contributed by atoms with E-state index in [0.29, 0.717) is 0 Å². The van der Waals surface area contributed by atoms with Crippen LogP contribution in [0.2, 0.25) is 4.47 Å². The van der Waals surface area contributed by atoms with Gasteiger partial charge < -0.3 is 10.5 Å². The van der Waals surface area contributed by atoms with Crippen LogP contribution in [0.1, 0.15) is 0 Å². The number of amides is 1. The summed E-state index contributed by atoms with van der Waals surface area (Å²) in [7, 11) is -3.65. The molecule has 1 heterocycles. The number of sulfonamides is 1. The first-order chi connectivity index (χ1) is 7.42. The number of carbonyl (C=O) groups excluding carboxylic acids is 1. The van der Waals surface area contributed by atoms with E-state index < -0.39 is 16.1 Å². The van der Waals surface area contributed by atoms with Gasteiger partial charge in [-0.1, -0.05) is 22.9 Å². The van der Waals surface area contributed by atoms with Gasteiger partial charge in [-0.05, 0) is 0 Å². The summed E-state index contributed by atoms with van der Waals surface area (Å²) in [6.07, 6.45) is 0.185. The third-order valence-corrected chi connectivity index (χ3v) is 4.40. The lowest BCUT2D eigenvalue weighted by molar-refractivity contribution is 0.159. The molecule has 1 aromatic rings. The molecule has 0 aliphatic rings. The molecule has 0 saturated carbocycles. The summed E-state index contributed by atoms with van der Waals surface area (Å²) in [4.78, 5) is 13.8. The molecule has 10 heteroatoms. The zero-order chi connectivity index (χ0) is 12.2. The number of hydrogen-bond acceptors (Lipinski definition) is 6. The van der Waals surface area contributed by atoms with Crippen LogP contribution >= 0.6 is 22.9 Å². The Kier molecular flexibility index (Phi) is 4.47. The van der Waals surface area contributed by atoms with E-state index in [-0.39, 0.29) is 21.8 Å². The second kappa shape index (κ2) is 5.43. The summed E-state index contributed by atoms with van der Waals surface area (Å²) in [5.41, 5.74) is 4.69. The van der Waals surface area contributed by atoms with Crippen LogP contribution < -0.4 is 10.5 Å². The predicted octanol–water partition coefficient (Wildman–Crippen LogP) is 0.170. The van der Waals surface area contributed by atoms with Gasteiger partial charge in [0, 0.05) is 6.54 Å². The number of rotatable bonds is 5. The van der Waals surface area contributed by atoms with E-state index in [1.807, 2.05) is 0 Å². The first-order valence-electron chi connectivity index (χ1n) is 3.95. The quantitative estimate of drug-likeness (QED) is 0.749. The average Bonchev–Trinajstić information content (AvgIpc) is 2.60. The van der Waals surface area contributed by atoms with E-state index in [9.17, 15) is 13.2 Å². The molecule has 90 valence electrons. The summed E-state index contributed by atoms with van der Waals surface area (Å²) in [5.74, 6) is 0. The molecule has 3 N–H and O–H groups in total. The predicted molar refractivity (Wildman–Crippen MR) is 57.8 cm³/mol. The minimum atomic E-state index is -3.65. The molecule has 1 amide bonds. The Labute approximate surface area is 101 Å². The first-order valence-corrected chi connectivity index (χ1v) is 6.63. The second-order valence-corrected chi connectivity index (χ2v) is 6.10. The molecule has 0 fully saturated rings. The van der Waals surface area contributed by atoms with Gasteiger partial charge in [0.15, 0.2) is 8.68 Å². The van der Waals surface area contributed by atoms with Gasteiger partial charge >= 0.3 is 6.09 Å². The number of aromatic nitrogens is 1. The van der Waals surface area contributed by atoms with Crippen molar-refractivity contribution in [3.8, 4) is 0 Å². The maximum absolute atomic E-state index is 11.5. The molecule has 7 nitrogen and oxygen atoms in total. The lowest BCUT2D eigenvalue weighted by atomic mass is 10.7. The van der Waals surface area contributed by atoms with Crippen LogP contribution in [-0.2, 0) is 14.8 Å². The Morgan fingerprint density at radius 2 is 2.38 bits per heavy atom.